The molecule has 22 heavy (non-hydrogen) atoms. The van der Waals surface area contributed by atoms with Crippen LogP contribution in [0.3, 0.4) is 0 Å². The van der Waals surface area contributed by atoms with E-state index in [1.807, 2.05) is 6.26 Å². The van der Waals surface area contributed by atoms with Crippen LogP contribution < -0.4 is 0 Å². The van der Waals surface area contributed by atoms with E-state index in [1.54, 1.807) is 0 Å². The van der Waals surface area contributed by atoms with Gasteiger partial charge in [-0.2, -0.15) is 0 Å². The zero-order valence-corrected chi connectivity index (χ0v) is 15.9. The van der Waals surface area contributed by atoms with Gasteiger partial charge in [-0.05, 0) is 37.0 Å². The van der Waals surface area contributed by atoms with Gasteiger partial charge in [0.25, 0.3) is 0 Å². The number of hydrogen-bond donors (Lipinski definition) is 0. The van der Waals surface area contributed by atoms with E-state index in [0.717, 1.165) is 19.3 Å². The predicted molar refractivity (Wildman–Crippen MR) is 91.0 cm³/mol. The van der Waals surface area contributed by atoms with Gasteiger partial charge in [0.15, 0.2) is 8.32 Å². The van der Waals surface area contributed by atoms with Crippen LogP contribution in [0.25, 0.3) is 0 Å². The van der Waals surface area contributed by atoms with Crippen LogP contribution >= 0.6 is 0 Å². The molecule has 0 aromatic heterocycles. The highest BCUT2D eigenvalue weighted by molar-refractivity contribution is 6.74. The summed E-state index contributed by atoms with van der Waals surface area (Å²) >= 11 is 0. The van der Waals surface area contributed by atoms with Crippen LogP contribution in [0.1, 0.15) is 47.0 Å². The Morgan fingerprint density at radius 2 is 2.05 bits per heavy atom. The molecule has 124 valence electrons. The summed E-state index contributed by atoms with van der Waals surface area (Å²) in [5, 5.41) is 0.196. The summed E-state index contributed by atoms with van der Waals surface area (Å²) in [6, 6.07) is 0. The lowest BCUT2D eigenvalue weighted by Gasteiger charge is -2.53. The predicted octanol–water partition coefficient (Wildman–Crippen LogP) is 4.76. The lowest BCUT2D eigenvalue weighted by Crippen LogP contribution is -2.60. The van der Waals surface area contributed by atoms with Crippen molar-refractivity contribution in [2.75, 3.05) is 0 Å². The zero-order chi connectivity index (χ0) is 16.4. The van der Waals surface area contributed by atoms with E-state index < -0.39 is 13.9 Å². The van der Waals surface area contributed by atoms with Gasteiger partial charge in [-0.15, -0.1) is 0 Å². The first-order valence-corrected chi connectivity index (χ1v) is 11.3. The van der Waals surface area contributed by atoms with Crippen LogP contribution in [0.2, 0.25) is 18.1 Å². The van der Waals surface area contributed by atoms with E-state index in [4.69, 9.17) is 13.9 Å². The van der Waals surface area contributed by atoms with Gasteiger partial charge in [0.05, 0.1) is 12.4 Å². The molecule has 0 N–H and O–H groups in total. The van der Waals surface area contributed by atoms with Gasteiger partial charge in [-0.3, -0.25) is 0 Å². The Labute approximate surface area is 135 Å². The maximum absolute atomic E-state index is 6.81. The first-order chi connectivity index (χ1) is 10.0. The Morgan fingerprint density at radius 3 is 2.68 bits per heavy atom. The first kappa shape index (κ1) is 16.3. The van der Waals surface area contributed by atoms with Crippen LogP contribution in [-0.4, -0.2) is 26.3 Å². The third kappa shape index (κ3) is 2.07. The van der Waals surface area contributed by atoms with Crippen molar-refractivity contribution in [1.82, 2.24) is 0 Å². The summed E-state index contributed by atoms with van der Waals surface area (Å²) in [7, 11) is -1.85. The molecule has 4 heteroatoms. The van der Waals surface area contributed by atoms with Crippen LogP contribution in [0.4, 0.5) is 0 Å². The highest BCUT2D eigenvalue weighted by atomic mass is 28.4. The topological polar surface area (TPSA) is 27.7 Å². The molecule has 2 fully saturated rings. The quantitative estimate of drug-likeness (QED) is 0.542. The second-order valence-electron chi connectivity index (χ2n) is 8.82. The maximum Gasteiger partial charge on any atom is 0.201 e. The standard InChI is InChI=1S/C18H30O3Si/c1-13-8-9-14(21-22(6,7)16(2,3)4)18-10-11-19-15(20-18)12-17(13,18)5/h10-11,14-15H,1,8-9,12H2,2-7H3/t14-,15-,17-,18-/m1/s1. The molecule has 2 bridgehead atoms. The molecule has 1 saturated heterocycles. The summed E-state index contributed by atoms with van der Waals surface area (Å²) < 4.78 is 18.8. The average Bonchev–Trinajstić information content (AvgIpc) is 2.60. The van der Waals surface area contributed by atoms with Crippen molar-refractivity contribution in [3.8, 4) is 0 Å². The van der Waals surface area contributed by atoms with Crippen molar-refractivity contribution < 1.29 is 13.9 Å². The Bertz CT molecular complexity index is 519. The summed E-state index contributed by atoms with van der Waals surface area (Å²) in [6.07, 6.45) is 6.72. The molecule has 2 aliphatic heterocycles. The van der Waals surface area contributed by atoms with E-state index in [1.165, 1.54) is 5.57 Å². The Kier molecular flexibility index (Phi) is 3.49. The molecule has 0 unspecified atom stereocenters. The van der Waals surface area contributed by atoms with Crippen molar-refractivity contribution in [2.45, 2.75) is 83.1 Å². The van der Waals surface area contributed by atoms with Crippen LogP contribution in [-0.2, 0) is 13.9 Å². The van der Waals surface area contributed by atoms with Gasteiger partial charge in [0.2, 0.25) is 6.29 Å². The summed E-state index contributed by atoms with van der Waals surface area (Å²) in [5.74, 6) is 0. The third-order valence-electron chi connectivity index (χ3n) is 6.52. The molecule has 3 aliphatic rings. The van der Waals surface area contributed by atoms with Gasteiger partial charge in [-0.1, -0.05) is 39.8 Å². The van der Waals surface area contributed by atoms with Gasteiger partial charge >= 0.3 is 0 Å². The van der Waals surface area contributed by atoms with Gasteiger partial charge < -0.3 is 13.9 Å². The summed E-state index contributed by atoms with van der Waals surface area (Å²) in [4.78, 5) is 0. The molecule has 1 saturated carbocycles. The highest BCUT2D eigenvalue weighted by Crippen LogP contribution is 2.61. The number of hydrogen-bond acceptors (Lipinski definition) is 3. The SMILES string of the molecule is C=C1CC[C@@H](O[Si](C)(C)C(C)(C)C)[C@]23C=CO[C@@H](C[C@]12C)O3. The molecule has 4 atom stereocenters. The highest BCUT2D eigenvalue weighted by Gasteiger charge is 2.65. The molecule has 1 spiro atoms. The molecule has 0 aromatic rings. The lowest BCUT2D eigenvalue weighted by molar-refractivity contribution is -0.189. The molecule has 0 aromatic carbocycles. The summed E-state index contributed by atoms with van der Waals surface area (Å²) in [5.41, 5.74) is 0.789. The fraction of sp³-hybridized carbons (Fsp3) is 0.778. The van der Waals surface area contributed by atoms with E-state index >= 15 is 0 Å². The van der Waals surface area contributed by atoms with Gasteiger partial charge in [0, 0.05) is 11.8 Å². The smallest absolute Gasteiger partial charge is 0.201 e. The van der Waals surface area contributed by atoms with E-state index in [9.17, 15) is 0 Å². The molecule has 3 nitrogen and oxygen atoms in total. The fourth-order valence-electron chi connectivity index (χ4n) is 3.84. The second kappa shape index (κ2) is 4.71. The Balaban J connectivity index is 1.98. The third-order valence-corrected chi connectivity index (χ3v) is 11.0. The lowest BCUT2D eigenvalue weighted by atomic mass is 9.60. The minimum atomic E-state index is -1.85. The van der Waals surface area contributed by atoms with Crippen molar-refractivity contribution >= 4 is 8.32 Å². The molecular weight excluding hydrogens is 292 g/mol. The number of fused-ring (bicyclic) bond motifs is 1. The van der Waals surface area contributed by atoms with E-state index in [2.05, 4.69) is 53.4 Å². The van der Waals surface area contributed by atoms with E-state index in [0.29, 0.717) is 0 Å². The molecule has 0 amide bonds. The molecule has 2 heterocycles. The van der Waals surface area contributed by atoms with Crippen molar-refractivity contribution in [2.24, 2.45) is 5.41 Å². The normalized spacial score (nSPS) is 41.3. The molecule has 3 rings (SSSR count). The monoisotopic (exact) mass is 322 g/mol. The molecule has 0 radical (unpaired) electrons. The minimum absolute atomic E-state index is 0.0874. The Morgan fingerprint density at radius 1 is 1.36 bits per heavy atom. The van der Waals surface area contributed by atoms with Gasteiger partial charge in [0.1, 0.15) is 5.60 Å². The minimum Gasteiger partial charge on any atom is -0.473 e. The summed E-state index contributed by atoms with van der Waals surface area (Å²) in [6.45, 7) is 18.1. The van der Waals surface area contributed by atoms with Crippen LogP contribution in [0, 0.1) is 5.41 Å². The second-order valence-corrected chi connectivity index (χ2v) is 13.6. The van der Waals surface area contributed by atoms with Crippen molar-refractivity contribution in [1.29, 1.82) is 0 Å². The fourth-order valence-corrected chi connectivity index (χ4v) is 5.20. The Hall–Kier alpha value is -0.583. The average molecular weight is 323 g/mol. The van der Waals surface area contributed by atoms with Crippen LogP contribution in [0.5, 0.6) is 0 Å². The maximum atomic E-state index is 6.81. The largest absolute Gasteiger partial charge is 0.473 e. The first-order valence-electron chi connectivity index (χ1n) is 8.39. The molecule has 1 aliphatic carbocycles. The van der Waals surface area contributed by atoms with Gasteiger partial charge in [-0.25, -0.2) is 0 Å². The number of ether oxygens (including phenoxy) is 2. The van der Waals surface area contributed by atoms with Crippen molar-refractivity contribution in [3.63, 3.8) is 0 Å². The zero-order valence-electron chi connectivity index (χ0n) is 14.9. The van der Waals surface area contributed by atoms with Crippen molar-refractivity contribution in [3.05, 3.63) is 24.5 Å². The number of rotatable bonds is 2. The van der Waals surface area contributed by atoms with Crippen LogP contribution in [0.15, 0.2) is 24.5 Å². The van der Waals surface area contributed by atoms with E-state index in [-0.39, 0.29) is 22.8 Å². The molecular formula is C18H30O3Si.